The van der Waals surface area contributed by atoms with Crippen molar-refractivity contribution in [2.24, 2.45) is 5.73 Å². The Kier molecular flexibility index (Phi) is 6.23. The molecule has 0 saturated carbocycles. The molecule has 8 heteroatoms. The summed E-state index contributed by atoms with van der Waals surface area (Å²) in [5, 5.41) is 23.8. The first-order chi connectivity index (χ1) is 13.3. The highest BCUT2D eigenvalue weighted by Gasteiger charge is 2.32. The number of amides is 1. The van der Waals surface area contributed by atoms with Crippen LogP contribution in [0.2, 0.25) is 0 Å². The summed E-state index contributed by atoms with van der Waals surface area (Å²) in [6.45, 7) is -0.0220. The van der Waals surface area contributed by atoms with Gasteiger partial charge in [-0.2, -0.15) is 0 Å². The van der Waals surface area contributed by atoms with Gasteiger partial charge in [0.25, 0.3) is 0 Å². The molecule has 3 rings (SSSR count). The summed E-state index contributed by atoms with van der Waals surface area (Å²) in [6, 6.07) is 10.1. The van der Waals surface area contributed by atoms with E-state index in [0.717, 1.165) is 29.3 Å². The van der Waals surface area contributed by atoms with Crippen molar-refractivity contribution >= 4 is 6.09 Å². The lowest BCUT2D eigenvalue weighted by Gasteiger charge is -2.25. The fourth-order valence-electron chi connectivity index (χ4n) is 3.57. The lowest BCUT2D eigenvalue weighted by molar-refractivity contribution is 0.00352. The molecule has 2 aromatic carbocycles. The number of carbonyl (C=O) groups excluding carboxylic acids is 1. The third kappa shape index (κ3) is 4.83. The highest BCUT2D eigenvalue weighted by molar-refractivity contribution is 5.64. The summed E-state index contributed by atoms with van der Waals surface area (Å²) in [7, 11) is 0. The fraction of sp³-hybridized carbons (Fsp3) is 0.350. The number of rotatable bonds is 7. The fourth-order valence-corrected chi connectivity index (χ4v) is 3.57. The van der Waals surface area contributed by atoms with E-state index >= 15 is 0 Å². The number of halogens is 2. The number of nitrogens with two attached hydrogens (primary N) is 1. The maximum atomic E-state index is 13.4. The van der Waals surface area contributed by atoms with Gasteiger partial charge in [-0.1, -0.05) is 24.3 Å². The number of hydrogen-bond donors (Lipinski definition) is 4. The summed E-state index contributed by atoms with van der Waals surface area (Å²) in [5.41, 5.74) is 7.23. The minimum absolute atomic E-state index is 0.0220. The van der Waals surface area contributed by atoms with Crippen LogP contribution in [0, 0.1) is 11.6 Å². The first-order valence-electron chi connectivity index (χ1n) is 8.92. The van der Waals surface area contributed by atoms with Crippen LogP contribution in [-0.2, 0) is 17.6 Å². The standard InChI is InChI=1S/C20H22F2N2O4/c21-13-5-11(6-14(22)9-13)7-18(28-20(23)27)17(26)10-24-19-15-4-2-1-3-12(15)8-16(19)25/h1-6,9,16-19,24-26H,7-8,10H2,(H2,23,27)/t16-,17+,18+,19+/m1/s1. The van der Waals surface area contributed by atoms with Crippen molar-refractivity contribution in [1.29, 1.82) is 0 Å². The van der Waals surface area contributed by atoms with Crippen LogP contribution in [0.3, 0.4) is 0 Å². The van der Waals surface area contributed by atoms with Gasteiger partial charge in [0.15, 0.2) is 0 Å². The van der Waals surface area contributed by atoms with Crippen LogP contribution in [0.25, 0.3) is 0 Å². The molecule has 150 valence electrons. The highest BCUT2D eigenvalue weighted by Crippen LogP contribution is 2.31. The first-order valence-corrected chi connectivity index (χ1v) is 8.92. The summed E-state index contributed by atoms with van der Waals surface area (Å²) < 4.78 is 31.8. The maximum Gasteiger partial charge on any atom is 0.404 e. The molecule has 1 aliphatic rings. The molecular formula is C20H22F2N2O4. The molecule has 0 aliphatic heterocycles. The molecule has 28 heavy (non-hydrogen) atoms. The molecule has 4 atom stereocenters. The average Bonchev–Trinajstić information content (AvgIpc) is 2.93. The third-order valence-electron chi connectivity index (χ3n) is 4.81. The Balaban J connectivity index is 1.68. The zero-order valence-corrected chi connectivity index (χ0v) is 15.0. The van der Waals surface area contributed by atoms with E-state index in [9.17, 15) is 23.8 Å². The number of aliphatic hydroxyl groups is 2. The molecule has 1 amide bonds. The molecule has 0 aromatic heterocycles. The van der Waals surface area contributed by atoms with Gasteiger partial charge in [0, 0.05) is 25.5 Å². The quantitative estimate of drug-likeness (QED) is 0.573. The van der Waals surface area contributed by atoms with Gasteiger partial charge in [0.2, 0.25) is 0 Å². The van der Waals surface area contributed by atoms with Gasteiger partial charge in [0.05, 0.1) is 12.1 Å². The summed E-state index contributed by atoms with van der Waals surface area (Å²) >= 11 is 0. The Labute approximate surface area is 160 Å². The van der Waals surface area contributed by atoms with Gasteiger partial charge in [-0.25, -0.2) is 13.6 Å². The van der Waals surface area contributed by atoms with E-state index in [0.29, 0.717) is 6.42 Å². The minimum Gasteiger partial charge on any atom is -0.443 e. The van der Waals surface area contributed by atoms with Crippen molar-refractivity contribution in [1.82, 2.24) is 5.32 Å². The number of aliphatic hydroxyl groups excluding tert-OH is 2. The monoisotopic (exact) mass is 392 g/mol. The number of fused-ring (bicyclic) bond motifs is 1. The summed E-state index contributed by atoms with van der Waals surface area (Å²) in [6.07, 6.45) is -3.71. The molecule has 0 unspecified atom stereocenters. The van der Waals surface area contributed by atoms with Gasteiger partial charge in [-0.15, -0.1) is 0 Å². The second-order valence-electron chi connectivity index (χ2n) is 6.88. The Bertz CT molecular complexity index is 828. The lowest BCUT2D eigenvalue weighted by Crippen LogP contribution is -2.43. The van der Waals surface area contributed by atoms with Crippen molar-refractivity contribution < 1.29 is 28.5 Å². The minimum atomic E-state index is -1.21. The molecule has 1 aliphatic carbocycles. The number of carbonyl (C=O) groups is 1. The van der Waals surface area contributed by atoms with Crippen LogP contribution in [-0.4, -0.2) is 41.2 Å². The molecule has 0 spiro atoms. The Morgan fingerprint density at radius 2 is 1.93 bits per heavy atom. The first kappa shape index (κ1) is 20.2. The van der Waals surface area contributed by atoms with Crippen LogP contribution < -0.4 is 11.1 Å². The van der Waals surface area contributed by atoms with E-state index in [1.807, 2.05) is 24.3 Å². The molecule has 0 bridgehead atoms. The number of nitrogens with one attached hydrogen (secondary N) is 1. The third-order valence-corrected chi connectivity index (χ3v) is 4.81. The Morgan fingerprint density at radius 3 is 2.61 bits per heavy atom. The molecule has 0 saturated heterocycles. The van der Waals surface area contributed by atoms with Crippen molar-refractivity contribution in [2.45, 2.75) is 37.2 Å². The predicted molar refractivity (Wildman–Crippen MR) is 97.4 cm³/mol. The maximum absolute atomic E-state index is 13.4. The van der Waals surface area contributed by atoms with Gasteiger partial charge in [0.1, 0.15) is 23.8 Å². The summed E-state index contributed by atoms with van der Waals surface area (Å²) in [4.78, 5) is 11.2. The zero-order chi connectivity index (χ0) is 20.3. The average molecular weight is 392 g/mol. The van der Waals surface area contributed by atoms with Crippen LogP contribution in [0.1, 0.15) is 22.7 Å². The molecule has 5 N–H and O–H groups in total. The SMILES string of the molecule is NC(=O)O[C@@H](Cc1cc(F)cc(F)c1)[C@@H](O)CN[C@H]1c2ccccc2C[C@H]1O. The second-order valence-corrected chi connectivity index (χ2v) is 6.88. The van der Waals surface area contributed by atoms with E-state index < -0.39 is 36.0 Å². The second kappa shape index (κ2) is 8.64. The van der Waals surface area contributed by atoms with Gasteiger partial charge in [-0.05, 0) is 28.8 Å². The lowest BCUT2D eigenvalue weighted by atomic mass is 10.0. The largest absolute Gasteiger partial charge is 0.443 e. The topological polar surface area (TPSA) is 105 Å². The number of benzene rings is 2. The van der Waals surface area contributed by atoms with E-state index in [-0.39, 0.29) is 24.6 Å². The number of hydrogen-bond acceptors (Lipinski definition) is 5. The number of ether oxygens (including phenoxy) is 1. The van der Waals surface area contributed by atoms with Crippen LogP contribution in [0.4, 0.5) is 13.6 Å². The van der Waals surface area contributed by atoms with Crippen molar-refractivity contribution in [2.75, 3.05) is 6.54 Å². The molecule has 0 heterocycles. The zero-order valence-electron chi connectivity index (χ0n) is 15.0. The van der Waals surface area contributed by atoms with Gasteiger partial charge >= 0.3 is 6.09 Å². The number of primary amides is 1. The van der Waals surface area contributed by atoms with Crippen LogP contribution >= 0.6 is 0 Å². The smallest absolute Gasteiger partial charge is 0.404 e. The van der Waals surface area contributed by atoms with Crippen LogP contribution in [0.5, 0.6) is 0 Å². The van der Waals surface area contributed by atoms with Crippen LogP contribution in [0.15, 0.2) is 42.5 Å². The molecular weight excluding hydrogens is 370 g/mol. The van der Waals surface area contributed by atoms with E-state index in [2.05, 4.69) is 5.32 Å². The highest BCUT2D eigenvalue weighted by atomic mass is 19.1. The van der Waals surface area contributed by atoms with Gasteiger partial charge in [-0.3, -0.25) is 0 Å². The Morgan fingerprint density at radius 1 is 1.25 bits per heavy atom. The van der Waals surface area contributed by atoms with Crippen molar-refractivity contribution in [3.8, 4) is 0 Å². The van der Waals surface area contributed by atoms with Gasteiger partial charge < -0.3 is 26.0 Å². The van der Waals surface area contributed by atoms with E-state index in [1.54, 1.807) is 0 Å². The molecule has 0 radical (unpaired) electrons. The predicted octanol–water partition coefficient (Wildman–Crippen LogP) is 1.58. The molecule has 0 fully saturated rings. The Hall–Kier alpha value is -2.55. The van der Waals surface area contributed by atoms with Crippen molar-refractivity contribution in [3.05, 3.63) is 70.8 Å². The molecule has 2 aromatic rings. The molecule has 6 nitrogen and oxygen atoms in total. The van der Waals surface area contributed by atoms with E-state index in [4.69, 9.17) is 10.5 Å². The normalized spacial score (nSPS) is 20.4. The van der Waals surface area contributed by atoms with Crippen molar-refractivity contribution in [3.63, 3.8) is 0 Å². The van der Waals surface area contributed by atoms with E-state index in [1.165, 1.54) is 0 Å². The summed E-state index contributed by atoms with van der Waals surface area (Å²) in [5.74, 6) is -1.54.